The van der Waals surface area contributed by atoms with E-state index in [1.54, 1.807) is 6.07 Å². The number of benzene rings is 1. The highest BCUT2D eigenvalue weighted by molar-refractivity contribution is 5.92. The van der Waals surface area contributed by atoms with Crippen molar-refractivity contribution in [1.82, 2.24) is 15.0 Å². The fourth-order valence-corrected chi connectivity index (χ4v) is 1.36. The highest BCUT2D eigenvalue weighted by Gasteiger charge is 2.08. The molecule has 15 heavy (non-hydrogen) atoms. The molecule has 6 heteroatoms. The van der Waals surface area contributed by atoms with Crippen molar-refractivity contribution in [2.45, 2.75) is 6.54 Å². The SMILES string of the molecule is O=C(O)c1ccc2nnn(CCO)c2c1. The Morgan fingerprint density at radius 2 is 2.27 bits per heavy atom. The fourth-order valence-electron chi connectivity index (χ4n) is 1.36. The van der Waals surface area contributed by atoms with Crippen LogP contribution in [0, 0.1) is 0 Å². The van der Waals surface area contributed by atoms with Crippen LogP contribution in [0.2, 0.25) is 0 Å². The van der Waals surface area contributed by atoms with Crippen LogP contribution in [0.1, 0.15) is 10.4 Å². The number of nitrogens with zero attached hydrogens (tertiary/aromatic N) is 3. The molecule has 0 atom stereocenters. The van der Waals surface area contributed by atoms with E-state index in [2.05, 4.69) is 10.3 Å². The van der Waals surface area contributed by atoms with Gasteiger partial charge in [0.25, 0.3) is 0 Å². The minimum Gasteiger partial charge on any atom is -0.478 e. The van der Waals surface area contributed by atoms with Gasteiger partial charge < -0.3 is 10.2 Å². The van der Waals surface area contributed by atoms with E-state index in [4.69, 9.17) is 10.2 Å². The molecule has 0 saturated carbocycles. The lowest BCUT2D eigenvalue weighted by molar-refractivity contribution is 0.0697. The first-order valence-electron chi connectivity index (χ1n) is 4.40. The Bertz CT molecular complexity index is 506. The third-order valence-corrected chi connectivity index (χ3v) is 2.07. The van der Waals surface area contributed by atoms with Crippen LogP contribution in [-0.2, 0) is 6.54 Å². The van der Waals surface area contributed by atoms with Crippen LogP contribution in [0.15, 0.2) is 18.2 Å². The number of aromatic nitrogens is 3. The summed E-state index contributed by atoms with van der Waals surface area (Å²) in [4.78, 5) is 10.7. The topological polar surface area (TPSA) is 88.2 Å². The third kappa shape index (κ3) is 1.66. The zero-order valence-electron chi connectivity index (χ0n) is 7.79. The molecule has 6 nitrogen and oxygen atoms in total. The first-order chi connectivity index (χ1) is 7.22. The van der Waals surface area contributed by atoms with Gasteiger partial charge in [-0.3, -0.25) is 0 Å². The lowest BCUT2D eigenvalue weighted by Gasteiger charge is -1.99. The maximum absolute atomic E-state index is 10.7. The Hall–Kier alpha value is -1.95. The maximum atomic E-state index is 10.7. The Morgan fingerprint density at radius 1 is 1.47 bits per heavy atom. The van der Waals surface area contributed by atoms with Crippen molar-refractivity contribution in [2.24, 2.45) is 0 Å². The number of aliphatic hydroxyl groups excluding tert-OH is 1. The number of carbonyl (C=O) groups is 1. The van der Waals surface area contributed by atoms with Crippen LogP contribution >= 0.6 is 0 Å². The first kappa shape index (κ1) is 9.60. The molecule has 78 valence electrons. The zero-order chi connectivity index (χ0) is 10.8. The molecule has 0 spiro atoms. The molecule has 0 bridgehead atoms. The maximum Gasteiger partial charge on any atom is 0.335 e. The molecule has 0 unspecified atom stereocenters. The van der Waals surface area contributed by atoms with Gasteiger partial charge in [0, 0.05) is 0 Å². The van der Waals surface area contributed by atoms with Gasteiger partial charge in [0.1, 0.15) is 5.52 Å². The predicted octanol–water partition coefficient (Wildman–Crippen LogP) is 0.122. The number of fused-ring (bicyclic) bond motifs is 1. The third-order valence-electron chi connectivity index (χ3n) is 2.07. The molecule has 1 aromatic heterocycles. The number of hydrogen-bond donors (Lipinski definition) is 2. The van der Waals surface area contributed by atoms with Crippen LogP contribution < -0.4 is 0 Å². The van der Waals surface area contributed by atoms with Gasteiger partial charge in [-0.1, -0.05) is 5.21 Å². The molecular formula is C9H9N3O3. The Balaban J connectivity index is 2.56. The van der Waals surface area contributed by atoms with Gasteiger partial charge >= 0.3 is 5.97 Å². The molecule has 0 fully saturated rings. The number of carboxylic acids is 1. The monoisotopic (exact) mass is 207 g/mol. The van der Waals surface area contributed by atoms with Crippen LogP contribution in [-0.4, -0.2) is 37.8 Å². The van der Waals surface area contributed by atoms with Gasteiger partial charge in [0.2, 0.25) is 0 Å². The van der Waals surface area contributed by atoms with E-state index in [1.807, 2.05) is 0 Å². The molecule has 2 aromatic rings. The average molecular weight is 207 g/mol. The molecule has 2 N–H and O–H groups in total. The lowest BCUT2D eigenvalue weighted by atomic mass is 10.2. The van der Waals surface area contributed by atoms with Crippen molar-refractivity contribution in [1.29, 1.82) is 0 Å². The number of aliphatic hydroxyl groups is 1. The van der Waals surface area contributed by atoms with Crippen molar-refractivity contribution in [3.05, 3.63) is 23.8 Å². The predicted molar refractivity (Wildman–Crippen MR) is 51.6 cm³/mol. The minimum atomic E-state index is -0.992. The summed E-state index contributed by atoms with van der Waals surface area (Å²) in [6.45, 7) is 0.245. The molecule has 0 saturated heterocycles. The summed E-state index contributed by atoms with van der Waals surface area (Å²) in [5, 5.41) is 25.2. The van der Waals surface area contributed by atoms with Crippen LogP contribution in [0.5, 0.6) is 0 Å². The number of hydrogen-bond acceptors (Lipinski definition) is 4. The summed E-state index contributed by atoms with van der Waals surface area (Å²) in [7, 11) is 0. The molecule has 2 rings (SSSR count). The van der Waals surface area contributed by atoms with E-state index in [9.17, 15) is 4.79 Å². The van der Waals surface area contributed by atoms with Crippen molar-refractivity contribution in [3.63, 3.8) is 0 Å². The molecule has 1 heterocycles. The number of rotatable bonds is 3. The Labute approximate surface area is 84.8 Å². The summed E-state index contributed by atoms with van der Waals surface area (Å²) in [6.07, 6.45) is 0. The van der Waals surface area contributed by atoms with Crippen molar-refractivity contribution < 1.29 is 15.0 Å². The van der Waals surface area contributed by atoms with Crippen molar-refractivity contribution in [3.8, 4) is 0 Å². The van der Waals surface area contributed by atoms with Gasteiger partial charge in [-0.05, 0) is 18.2 Å². The van der Waals surface area contributed by atoms with Crippen molar-refractivity contribution in [2.75, 3.05) is 6.61 Å². The quantitative estimate of drug-likeness (QED) is 0.746. The fraction of sp³-hybridized carbons (Fsp3) is 0.222. The van der Waals surface area contributed by atoms with Crippen LogP contribution in [0.4, 0.5) is 0 Å². The summed E-state index contributed by atoms with van der Waals surface area (Å²) >= 11 is 0. The van der Waals surface area contributed by atoms with E-state index < -0.39 is 5.97 Å². The van der Waals surface area contributed by atoms with E-state index in [-0.39, 0.29) is 12.2 Å². The Morgan fingerprint density at radius 3 is 2.93 bits per heavy atom. The summed E-state index contributed by atoms with van der Waals surface area (Å²) < 4.78 is 1.47. The molecule has 0 aliphatic carbocycles. The average Bonchev–Trinajstić information content (AvgIpc) is 2.61. The van der Waals surface area contributed by atoms with Crippen LogP contribution in [0.25, 0.3) is 11.0 Å². The summed E-state index contributed by atoms with van der Waals surface area (Å²) in [5.74, 6) is -0.992. The molecular weight excluding hydrogens is 198 g/mol. The minimum absolute atomic E-state index is 0.0598. The van der Waals surface area contributed by atoms with E-state index >= 15 is 0 Å². The number of aromatic carboxylic acids is 1. The van der Waals surface area contributed by atoms with E-state index in [0.717, 1.165) is 0 Å². The van der Waals surface area contributed by atoms with E-state index in [0.29, 0.717) is 17.6 Å². The first-order valence-corrected chi connectivity index (χ1v) is 4.40. The largest absolute Gasteiger partial charge is 0.478 e. The van der Waals surface area contributed by atoms with Gasteiger partial charge in [-0.2, -0.15) is 0 Å². The van der Waals surface area contributed by atoms with Gasteiger partial charge in [0.15, 0.2) is 0 Å². The second-order valence-corrected chi connectivity index (χ2v) is 3.04. The normalized spacial score (nSPS) is 10.7. The highest BCUT2D eigenvalue weighted by Crippen LogP contribution is 2.13. The summed E-state index contributed by atoms with van der Waals surface area (Å²) in [6, 6.07) is 4.57. The Kier molecular flexibility index (Phi) is 2.34. The zero-order valence-corrected chi connectivity index (χ0v) is 7.79. The van der Waals surface area contributed by atoms with Crippen LogP contribution in [0.3, 0.4) is 0 Å². The van der Waals surface area contributed by atoms with Gasteiger partial charge in [0.05, 0.1) is 24.2 Å². The molecule has 0 amide bonds. The van der Waals surface area contributed by atoms with Gasteiger partial charge in [-0.25, -0.2) is 9.48 Å². The summed E-state index contributed by atoms with van der Waals surface area (Å²) in [5.41, 5.74) is 1.42. The molecule has 0 radical (unpaired) electrons. The second-order valence-electron chi connectivity index (χ2n) is 3.04. The molecule has 0 aliphatic heterocycles. The second kappa shape index (κ2) is 3.66. The standard InChI is InChI=1S/C9H9N3O3/c13-4-3-12-8-5-6(9(14)15)1-2-7(8)10-11-12/h1-2,5,13H,3-4H2,(H,14,15). The molecule has 0 aliphatic rings. The molecule has 1 aromatic carbocycles. The van der Waals surface area contributed by atoms with E-state index in [1.165, 1.54) is 16.8 Å². The smallest absolute Gasteiger partial charge is 0.335 e. The lowest BCUT2D eigenvalue weighted by Crippen LogP contribution is -2.04. The van der Waals surface area contributed by atoms with Gasteiger partial charge in [-0.15, -0.1) is 5.10 Å². The number of carboxylic acid groups (broad SMARTS) is 1. The van der Waals surface area contributed by atoms with Crippen molar-refractivity contribution >= 4 is 17.0 Å². The highest BCUT2D eigenvalue weighted by atomic mass is 16.4.